The molecule has 0 aromatic rings. The maximum absolute atomic E-state index is 12.8. The highest BCUT2D eigenvalue weighted by Gasteiger charge is 2.54. The minimum Gasteiger partial charge on any atom is -0.355 e. The zero-order valence-electron chi connectivity index (χ0n) is 15.6. The van der Waals surface area contributed by atoms with Gasteiger partial charge in [-0.3, -0.25) is 14.4 Å². The molecule has 6 heteroatoms. The summed E-state index contributed by atoms with van der Waals surface area (Å²) < 4.78 is 0. The number of hydrogen-bond donors (Lipinski definition) is 2. The first kappa shape index (κ1) is 17.8. The lowest BCUT2D eigenvalue weighted by atomic mass is 9.49. The fourth-order valence-electron chi connectivity index (χ4n) is 6.21. The van der Waals surface area contributed by atoms with E-state index in [1.807, 2.05) is 0 Å². The topological polar surface area (TPSA) is 78.5 Å². The first-order valence-electron chi connectivity index (χ1n) is 10.4. The molecule has 5 rings (SSSR count). The molecule has 2 N–H and O–H groups in total. The number of nitrogens with one attached hydrogen (secondary N) is 2. The normalized spacial score (nSPS) is 34.8. The Morgan fingerprint density at radius 3 is 2.04 bits per heavy atom. The summed E-state index contributed by atoms with van der Waals surface area (Å²) in [6, 6.07) is 0. The third-order valence-electron chi connectivity index (χ3n) is 7.05. The summed E-state index contributed by atoms with van der Waals surface area (Å²) >= 11 is 0. The second-order valence-corrected chi connectivity index (χ2v) is 9.07. The number of carbonyl (C=O) groups is 3. The third-order valence-corrected chi connectivity index (χ3v) is 7.05. The van der Waals surface area contributed by atoms with E-state index in [9.17, 15) is 14.4 Å². The van der Waals surface area contributed by atoms with Gasteiger partial charge in [0.25, 0.3) is 0 Å². The average molecular weight is 361 g/mol. The lowest BCUT2D eigenvalue weighted by Crippen LogP contribution is -2.53. The summed E-state index contributed by atoms with van der Waals surface area (Å²) in [4.78, 5) is 38.5. The monoisotopic (exact) mass is 361 g/mol. The number of nitrogens with zero attached hydrogens (tertiary/aromatic N) is 1. The molecular formula is C20H31N3O3. The molecule has 4 aliphatic carbocycles. The van der Waals surface area contributed by atoms with Crippen LogP contribution in [0.2, 0.25) is 0 Å². The second kappa shape index (κ2) is 7.20. The van der Waals surface area contributed by atoms with Crippen LogP contribution in [0.4, 0.5) is 0 Å². The quantitative estimate of drug-likeness (QED) is 0.752. The fraction of sp³-hybridized carbons (Fsp3) is 0.850. The minimum absolute atomic E-state index is 0.00606. The van der Waals surface area contributed by atoms with Crippen LogP contribution in [0.1, 0.15) is 57.8 Å². The Morgan fingerprint density at radius 2 is 1.46 bits per heavy atom. The van der Waals surface area contributed by atoms with Crippen LogP contribution in [-0.2, 0) is 14.4 Å². The van der Waals surface area contributed by atoms with Gasteiger partial charge in [0, 0.05) is 31.5 Å². The van der Waals surface area contributed by atoms with Gasteiger partial charge >= 0.3 is 0 Å². The molecule has 3 amide bonds. The van der Waals surface area contributed by atoms with Crippen LogP contribution >= 0.6 is 0 Å². The Bertz CT molecular complexity index is 548. The van der Waals surface area contributed by atoms with Crippen molar-refractivity contribution in [3.05, 3.63) is 0 Å². The van der Waals surface area contributed by atoms with E-state index in [2.05, 4.69) is 10.6 Å². The van der Waals surface area contributed by atoms with Crippen LogP contribution in [0.15, 0.2) is 0 Å². The molecule has 0 aromatic heterocycles. The van der Waals surface area contributed by atoms with Gasteiger partial charge in [-0.05, 0) is 69.1 Å². The van der Waals surface area contributed by atoms with Gasteiger partial charge in [-0.2, -0.15) is 0 Å². The van der Waals surface area contributed by atoms with Crippen molar-refractivity contribution in [1.82, 2.24) is 15.5 Å². The molecule has 144 valence electrons. The van der Waals surface area contributed by atoms with Gasteiger partial charge in [0.2, 0.25) is 17.7 Å². The van der Waals surface area contributed by atoms with Gasteiger partial charge in [-0.15, -0.1) is 0 Å². The van der Waals surface area contributed by atoms with E-state index < -0.39 is 0 Å². The molecule has 1 heterocycles. The molecule has 1 saturated heterocycles. The van der Waals surface area contributed by atoms with E-state index in [4.69, 9.17) is 0 Å². The maximum atomic E-state index is 12.8. The van der Waals surface area contributed by atoms with Crippen LogP contribution < -0.4 is 10.6 Å². The summed E-state index contributed by atoms with van der Waals surface area (Å²) in [5, 5.41) is 5.71. The van der Waals surface area contributed by atoms with E-state index in [1.165, 1.54) is 19.3 Å². The van der Waals surface area contributed by atoms with Gasteiger partial charge in [0.05, 0.1) is 6.54 Å². The molecule has 4 bridgehead atoms. The molecule has 4 saturated carbocycles. The number of carbonyl (C=O) groups excluding carboxylic acids is 3. The number of likely N-dealkylation sites (tertiary alicyclic amines) is 1. The molecule has 5 fully saturated rings. The first-order valence-corrected chi connectivity index (χ1v) is 10.4. The first-order chi connectivity index (χ1) is 12.5. The van der Waals surface area contributed by atoms with Crippen molar-refractivity contribution in [3.8, 4) is 0 Å². The molecule has 0 spiro atoms. The summed E-state index contributed by atoms with van der Waals surface area (Å²) in [6.07, 6.45) is 9.43. The SMILES string of the molecule is O=C(CCNC(=O)C12CC3CC(CC(C3)C1)C2)NCC(=O)N1CCCC1. The average Bonchev–Trinajstić information content (AvgIpc) is 3.13. The molecule has 0 aromatic carbocycles. The predicted molar refractivity (Wildman–Crippen MR) is 97.1 cm³/mol. The molecule has 26 heavy (non-hydrogen) atoms. The Balaban J connectivity index is 1.18. The number of amides is 3. The van der Waals surface area contributed by atoms with Crippen molar-refractivity contribution in [1.29, 1.82) is 0 Å². The van der Waals surface area contributed by atoms with Crippen molar-refractivity contribution >= 4 is 17.7 Å². The van der Waals surface area contributed by atoms with Crippen molar-refractivity contribution in [2.45, 2.75) is 57.8 Å². The van der Waals surface area contributed by atoms with Crippen LogP contribution in [0, 0.1) is 23.2 Å². The Morgan fingerprint density at radius 1 is 0.885 bits per heavy atom. The lowest BCUT2D eigenvalue weighted by Gasteiger charge is -2.55. The van der Waals surface area contributed by atoms with Crippen molar-refractivity contribution in [2.75, 3.05) is 26.2 Å². The van der Waals surface area contributed by atoms with Gasteiger partial charge < -0.3 is 15.5 Å². The van der Waals surface area contributed by atoms with Gasteiger partial charge in [0.15, 0.2) is 0 Å². The Kier molecular flexibility index (Phi) is 4.93. The Labute approximate surface area is 155 Å². The highest BCUT2D eigenvalue weighted by atomic mass is 16.2. The van der Waals surface area contributed by atoms with Crippen LogP contribution in [-0.4, -0.2) is 48.8 Å². The van der Waals surface area contributed by atoms with E-state index in [0.29, 0.717) is 6.54 Å². The highest BCUT2D eigenvalue weighted by Crippen LogP contribution is 2.60. The van der Waals surface area contributed by atoms with E-state index in [-0.39, 0.29) is 36.1 Å². The predicted octanol–water partition coefficient (Wildman–Crippen LogP) is 1.45. The summed E-state index contributed by atoms with van der Waals surface area (Å²) in [5.41, 5.74) is -0.156. The van der Waals surface area contributed by atoms with E-state index >= 15 is 0 Å². The lowest BCUT2D eigenvalue weighted by molar-refractivity contribution is -0.146. The Hall–Kier alpha value is -1.59. The summed E-state index contributed by atoms with van der Waals surface area (Å²) in [5.74, 6) is 2.22. The standard InChI is InChI=1S/C20H31N3O3/c24-17(22-13-18(25)23-5-1-2-6-23)3-4-21-19(26)20-10-14-7-15(11-20)9-16(8-14)12-20/h14-16H,1-13H2,(H,21,26)(H,22,24). The van der Waals surface area contributed by atoms with Crippen LogP contribution in [0.25, 0.3) is 0 Å². The maximum Gasteiger partial charge on any atom is 0.241 e. The number of rotatable bonds is 6. The molecular weight excluding hydrogens is 330 g/mol. The van der Waals surface area contributed by atoms with Gasteiger partial charge in [-0.25, -0.2) is 0 Å². The van der Waals surface area contributed by atoms with Crippen molar-refractivity contribution in [3.63, 3.8) is 0 Å². The number of hydrogen-bond acceptors (Lipinski definition) is 3. The molecule has 6 nitrogen and oxygen atoms in total. The fourth-order valence-corrected chi connectivity index (χ4v) is 6.21. The zero-order chi connectivity index (χ0) is 18.1. The molecule has 0 atom stereocenters. The highest BCUT2D eigenvalue weighted by molar-refractivity contribution is 5.86. The molecule has 5 aliphatic rings. The smallest absolute Gasteiger partial charge is 0.241 e. The van der Waals surface area contributed by atoms with Crippen molar-refractivity contribution in [2.24, 2.45) is 23.2 Å². The minimum atomic E-state index is -0.164. The molecule has 0 radical (unpaired) electrons. The van der Waals surface area contributed by atoms with Crippen LogP contribution in [0.5, 0.6) is 0 Å². The molecule has 1 aliphatic heterocycles. The summed E-state index contributed by atoms with van der Waals surface area (Å²) in [6.45, 7) is 2.04. The summed E-state index contributed by atoms with van der Waals surface area (Å²) in [7, 11) is 0. The largest absolute Gasteiger partial charge is 0.355 e. The van der Waals surface area contributed by atoms with E-state index in [0.717, 1.165) is 62.9 Å². The zero-order valence-corrected chi connectivity index (χ0v) is 15.6. The molecule has 0 unspecified atom stereocenters. The second-order valence-electron chi connectivity index (χ2n) is 9.07. The van der Waals surface area contributed by atoms with Crippen LogP contribution in [0.3, 0.4) is 0 Å². The van der Waals surface area contributed by atoms with Crippen molar-refractivity contribution < 1.29 is 14.4 Å². The van der Waals surface area contributed by atoms with E-state index in [1.54, 1.807) is 4.90 Å². The third kappa shape index (κ3) is 3.60. The van der Waals surface area contributed by atoms with Gasteiger partial charge in [-0.1, -0.05) is 0 Å². The van der Waals surface area contributed by atoms with Gasteiger partial charge in [0.1, 0.15) is 0 Å².